The summed E-state index contributed by atoms with van der Waals surface area (Å²) >= 11 is 5.86. The van der Waals surface area contributed by atoms with Gasteiger partial charge in [0, 0.05) is 17.1 Å². The lowest BCUT2D eigenvalue weighted by Gasteiger charge is -2.24. The maximum absolute atomic E-state index is 12.2. The zero-order valence-corrected chi connectivity index (χ0v) is 12.2. The Hall–Kier alpha value is -1.55. The molecule has 0 aliphatic heterocycles. The highest BCUT2D eigenvalue weighted by Crippen LogP contribution is 2.37. The van der Waals surface area contributed by atoms with Gasteiger partial charge in [-0.1, -0.05) is 24.4 Å². The number of aryl methyl sites for hydroxylation is 1. The summed E-state index contributed by atoms with van der Waals surface area (Å²) in [5.74, 6) is -1.06. The van der Waals surface area contributed by atoms with Crippen LogP contribution in [-0.2, 0) is 4.79 Å². The van der Waals surface area contributed by atoms with Gasteiger partial charge in [0.05, 0.1) is 5.41 Å². The molecule has 1 amide bonds. The van der Waals surface area contributed by atoms with Crippen LogP contribution in [0.5, 0.6) is 0 Å². The van der Waals surface area contributed by atoms with Crippen molar-refractivity contribution in [3.05, 3.63) is 34.3 Å². The van der Waals surface area contributed by atoms with Crippen LogP contribution in [0.3, 0.4) is 0 Å². The second kappa shape index (κ2) is 5.83. The van der Waals surface area contributed by atoms with Gasteiger partial charge in [-0.2, -0.15) is 0 Å². The van der Waals surface area contributed by atoms with Crippen molar-refractivity contribution in [3.8, 4) is 0 Å². The van der Waals surface area contributed by atoms with E-state index >= 15 is 0 Å². The van der Waals surface area contributed by atoms with Crippen LogP contribution in [0.15, 0.2) is 18.2 Å². The van der Waals surface area contributed by atoms with Gasteiger partial charge < -0.3 is 10.4 Å². The van der Waals surface area contributed by atoms with Crippen molar-refractivity contribution in [2.24, 2.45) is 5.41 Å². The molecule has 108 valence electrons. The summed E-state index contributed by atoms with van der Waals surface area (Å²) in [7, 11) is 0. The molecule has 5 heteroatoms. The smallest absolute Gasteiger partial charge is 0.311 e. The lowest BCUT2D eigenvalue weighted by atomic mass is 9.86. The third kappa shape index (κ3) is 2.96. The third-order valence-corrected chi connectivity index (χ3v) is 4.27. The molecule has 1 saturated carbocycles. The maximum atomic E-state index is 12.2. The van der Waals surface area contributed by atoms with Gasteiger partial charge in [0.15, 0.2) is 0 Å². The number of rotatable bonds is 4. The van der Waals surface area contributed by atoms with Crippen LogP contribution in [0, 0.1) is 12.3 Å². The number of nitrogens with one attached hydrogen (secondary N) is 1. The molecule has 0 aromatic heterocycles. The molecule has 2 rings (SSSR count). The molecule has 4 nitrogen and oxygen atoms in total. The van der Waals surface area contributed by atoms with Crippen LogP contribution >= 0.6 is 11.6 Å². The van der Waals surface area contributed by atoms with E-state index in [1.807, 2.05) is 6.92 Å². The van der Waals surface area contributed by atoms with Gasteiger partial charge in [-0.3, -0.25) is 9.59 Å². The molecule has 2 N–H and O–H groups in total. The van der Waals surface area contributed by atoms with Crippen molar-refractivity contribution in [2.75, 3.05) is 6.54 Å². The number of aliphatic carboxylic acids is 1. The van der Waals surface area contributed by atoms with Crippen LogP contribution in [0.25, 0.3) is 0 Å². The van der Waals surface area contributed by atoms with Crippen LogP contribution < -0.4 is 5.32 Å². The molecule has 1 aliphatic carbocycles. The second-order valence-electron chi connectivity index (χ2n) is 5.43. The van der Waals surface area contributed by atoms with Crippen LogP contribution in [0.1, 0.15) is 41.6 Å². The van der Waals surface area contributed by atoms with Crippen LogP contribution in [-0.4, -0.2) is 23.5 Å². The normalized spacial score (nSPS) is 16.9. The zero-order chi connectivity index (χ0) is 14.8. The average Bonchev–Trinajstić information content (AvgIpc) is 2.86. The molecule has 1 aromatic carbocycles. The summed E-state index contributed by atoms with van der Waals surface area (Å²) in [4.78, 5) is 23.6. The maximum Gasteiger partial charge on any atom is 0.311 e. The average molecular weight is 296 g/mol. The fourth-order valence-electron chi connectivity index (χ4n) is 2.74. The van der Waals surface area contributed by atoms with Gasteiger partial charge in [0.1, 0.15) is 0 Å². The SMILES string of the molecule is Cc1cc(Cl)ccc1C(=O)NCC1(C(=O)O)CCCC1. The number of hydrogen-bond donors (Lipinski definition) is 2. The summed E-state index contributed by atoms with van der Waals surface area (Å²) in [6, 6.07) is 5.04. The van der Waals surface area contributed by atoms with E-state index in [2.05, 4.69) is 5.32 Å². The van der Waals surface area contributed by atoms with Crippen molar-refractivity contribution < 1.29 is 14.7 Å². The Kier molecular flexibility index (Phi) is 4.33. The Balaban J connectivity index is 2.06. The number of amides is 1. The van der Waals surface area contributed by atoms with Crippen molar-refractivity contribution in [1.29, 1.82) is 0 Å². The summed E-state index contributed by atoms with van der Waals surface area (Å²) < 4.78 is 0. The Morgan fingerprint density at radius 3 is 2.55 bits per heavy atom. The van der Waals surface area contributed by atoms with E-state index in [0.29, 0.717) is 23.4 Å². The van der Waals surface area contributed by atoms with E-state index in [9.17, 15) is 14.7 Å². The van der Waals surface area contributed by atoms with Gasteiger partial charge in [-0.25, -0.2) is 0 Å². The van der Waals surface area contributed by atoms with E-state index in [1.165, 1.54) is 0 Å². The Labute approximate surface area is 123 Å². The number of hydrogen-bond acceptors (Lipinski definition) is 2. The highest BCUT2D eigenvalue weighted by atomic mass is 35.5. The quantitative estimate of drug-likeness (QED) is 0.897. The molecule has 0 heterocycles. The fourth-order valence-corrected chi connectivity index (χ4v) is 2.97. The van der Waals surface area contributed by atoms with Gasteiger partial charge in [-0.05, 0) is 43.5 Å². The molecule has 1 aromatic rings. The first kappa shape index (κ1) is 14.9. The van der Waals surface area contributed by atoms with Crippen molar-refractivity contribution in [1.82, 2.24) is 5.32 Å². The molecule has 0 atom stereocenters. The first-order valence-corrected chi connectivity index (χ1v) is 7.10. The van der Waals surface area contributed by atoms with Crippen molar-refractivity contribution in [2.45, 2.75) is 32.6 Å². The minimum Gasteiger partial charge on any atom is -0.481 e. The number of carboxylic acid groups (broad SMARTS) is 1. The standard InChI is InChI=1S/C15H18ClNO3/c1-10-8-11(16)4-5-12(10)13(18)17-9-15(14(19)20)6-2-3-7-15/h4-5,8H,2-3,6-7,9H2,1H3,(H,17,18)(H,19,20). The van der Waals surface area contributed by atoms with E-state index in [1.54, 1.807) is 18.2 Å². The Bertz CT molecular complexity index is 536. The van der Waals surface area contributed by atoms with Gasteiger partial charge in [-0.15, -0.1) is 0 Å². The van der Waals surface area contributed by atoms with Gasteiger partial charge >= 0.3 is 5.97 Å². The van der Waals surface area contributed by atoms with Crippen LogP contribution in [0.2, 0.25) is 5.02 Å². The summed E-state index contributed by atoms with van der Waals surface area (Å²) in [6.07, 6.45) is 3.06. The second-order valence-corrected chi connectivity index (χ2v) is 5.87. The van der Waals surface area contributed by atoms with Gasteiger partial charge in [0.2, 0.25) is 0 Å². The molecule has 0 radical (unpaired) electrons. The van der Waals surface area contributed by atoms with Crippen molar-refractivity contribution >= 4 is 23.5 Å². The molecule has 0 saturated heterocycles. The number of carbonyl (C=O) groups is 2. The first-order valence-electron chi connectivity index (χ1n) is 6.72. The van der Waals surface area contributed by atoms with E-state index < -0.39 is 11.4 Å². The number of benzene rings is 1. The Morgan fingerprint density at radius 1 is 1.35 bits per heavy atom. The highest BCUT2D eigenvalue weighted by Gasteiger charge is 2.41. The molecular formula is C15H18ClNO3. The number of carbonyl (C=O) groups excluding carboxylic acids is 1. The number of halogens is 1. The highest BCUT2D eigenvalue weighted by molar-refractivity contribution is 6.30. The summed E-state index contributed by atoms with van der Waals surface area (Å²) in [5.41, 5.74) is 0.523. The first-order chi connectivity index (χ1) is 9.44. The van der Waals surface area contributed by atoms with E-state index in [-0.39, 0.29) is 12.5 Å². The summed E-state index contributed by atoms with van der Waals surface area (Å²) in [6.45, 7) is 1.99. The summed E-state index contributed by atoms with van der Waals surface area (Å²) in [5, 5.41) is 12.7. The minimum atomic E-state index is -0.817. The lowest BCUT2D eigenvalue weighted by Crippen LogP contribution is -2.41. The van der Waals surface area contributed by atoms with E-state index in [4.69, 9.17) is 11.6 Å². The molecule has 0 bridgehead atoms. The lowest BCUT2D eigenvalue weighted by molar-refractivity contribution is -0.148. The molecule has 0 spiro atoms. The predicted molar refractivity (Wildman–Crippen MR) is 77.1 cm³/mol. The molecule has 1 fully saturated rings. The van der Waals surface area contributed by atoms with Crippen molar-refractivity contribution in [3.63, 3.8) is 0 Å². The third-order valence-electron chi connectivity index (χ3n) is 4.03. The van der Waals surface area contributed by atoms with Crippen LogP contribution in [0.4, 0.5) is 0 Å². The molecular weight excluding hydrogens is 278 g/mol. The van der Waals surface area contributed by atoms with Gasteiger partial charge in [0.25, 0.3) is 5.91 Å². The Morgan fingerprint density at radius 2 is 2.00 bits per heavy atom. The predicted octanol–water partition coefficient (Wildman–Crippen LogP) is 3.02. The zero-order valence-electron chi connectivity index (χ0n) is 11.4. The van der Waals surface area contributed by atoms with E-state index in [0.717, 1.165) is 18.4 Å². The monoisotopic (exact) mass is 295 g/mol. The molecule has 0 unspecified atom stereocenters. The largest absolute Gasteiger partial charge is 0.481 e. The fraction of sp³-hybridized carbons (Fsp3) is 0.467. The molecule has 1 aliphatic rings. The molecule has 20 heavy (non-hydrogen) atoms. The number of carboxylic acids is 1. The topological polar surface area (TPSA) is 66.4 Å². The minimum absolute atomic E-state index is 0.184.